The molecular weight excluding hydrogens is 617 g/mol. The molecule has 0 aromatic carbocycles. The molecule has 2 aliphatic rings. The topological polar surface area (TPSA) is 155 Å². The van der Waals surface area contributed by atoms with Crippen LogP contribution in [0.25, 0.3) is 0 Å². The molecule has 0 amide bonds. The van der Waals surface area contributed by atoms with E-state index in [1.165, 1.54) is 6.42 Å². The maximum absolute atomic E-state index is 13.1. The standard InChI is InChI=1S/C33H60NO11P/c1-8-33(4,24-32(2,3)30(37)41-20-21-45-46(39,40)44-19-18-34(5,6)7)31(38)43-23-27(35)22-42-28-16-14-26(15-17-28)29(36)25-12-10-9-11-13-25/h25-28,35H,8-24H2,1-7H3/p+1. The molecule has 12 nitrogen and oxygen atoms in total. The highest BCUT2D eigenvalue weighted by Crippen LogP contribution is 2.43. The molecule has 268 valence electrons. The lowest BCUT2D eigenvalue weighted by Gasteiger charge is -2.34. The summed E-state index contributed by atoms with van der Waals surface area (Å²) in [4.78, 5) is 48.6. The number of aliphatic hydroxyl groups is 1. The van der Waals surface area contributed by atoms with Crippen molar-refractivity contribution >= 4 is 25.5 Å². The minimum atomic E-state index is -4.28. The second-order valence-corrected chi connectivity index (χ2v) is 16.5. The van der Waals surface area contributed by atoms with Crippen LogP contribution >= 0.6 is 7.82 Å². The third-order valence-electron chi connectivity index (χ3n) is 9.26. The van der Waals surface area contributed by atoms with Crippen LogP contribution in [-0.4, -0.2) is 105 Å². The maximum Gasteiger partial charge on any atom is 0.472 e. The highest BCUT2D eigenvalue weighted by atomic mass is 31.2. The van der Waals surface area contributed by atoms with Crippen LogP contribution in [0.1, 0.15) is 98.3 Å². The molecule has 0 aromatic heterocycles. The second-order valence-electron chi connectivity index (χ2n) is 15.1. The van der Waals surface area contributed by atoms with E-state index in [2.05, 4.69) is 0 Å². The van der Waals surface area contributed by atoms with Gasteiger partial charge in [-0.15, -0.1) is 0 Å². The molecule has 3 atom stereocenters. The van der Waals surface area contributed by atoms with Crippen molar-refractivity contribution in [1.82, 2.24) is 0 Å². The van der Waals surface area contributed by atoms with Gasteiger partial charge in [0.15, 0.2) is 0 Å². The van der Waals surface area contributed by atoms with Crippen LogP contribution in [0.15, 0.2) is 0 Å². The van der Waals surface area contributed by atoms with E-state index >= 15 is 0 Å². The Kier molecular flexibility index (Phi) is 16.3. The number of esters is 2. The number of quaternary nitrogens is 1. The van der Waals surface area contributed by atoms with E-state index in [4.69, 9.17) is 23.3 Å². The highest BCUT2D eigenvalue weighted by Gasteiger charge is 2.43. The predicted octanol–water partition coefficient (Wildman–Crippen LogP) is 4.83. The number of nitrogens with zero attached hydrogens (tertiary/aromatic N) is 1. The molecule has 0 saturated heterocycles. The quantitative estimate of drug-likeness (QED) is 0.0788. The number of hydrogen-bond acceptors (Lipinski definition) is 10. The van der Waals surface area contributed by atoms with Crippen LogP contribution in [0.5, 0.6) is 0 Å². The highest BCUT2D eigenvalue weighted by molar-refractivity contribution is 7.47. The van der Waals surface area contributed by atoms with Gasteiger partial charge in [0.05, 0.1) is 51.3 Å². The fourth-order valence-corrected chi connectivity index (χ4v) is 6.91. The third kappa shape index (κ3) is 14.4. The Morgan fingerprint density at radius 3 is 2.00 bits per heavy atom. The second kappa shape index (κ2) is 18.4. The molecule has 2 aliphatic carbocycles. The normalized spacial score (nSPS) is 23.2. The molecule has 13 heteroatoms. The average molecular weight is 679 g/mol. The summed E-state index contributed by atoms with van der Waals surface area (Å²) >= 11 is 0. The number of phosphoric acid groups is 1. The first-order chi connectivity index (χ1) is 21.4. The first-order valence-corrected chi connectivity index (χ1v) is 18.5. The number of ketones is 1. The van der Waals surface area contributed by atoms with Crippen LogP contribution < -0.4 is 0 Å². The fourth-order valence-electron chi connectivity index (χ4n) is 6.21. The SMILES string of the molecule is CCC(C)(CC(C)(C)C(=O)OCCOP(=O)(O)OCC[N+](C)(C)C)C(=O)OCC(O)COC1CCC(C(=O)C2CCCCC2)CC1. The zero-order valence-electron chi connectivity index (χ0n) is 29.3. The third-order valence-corrected chi connectivity index (χ3v) is 10.3. The number of hydrogen-bond donors (Lipinski definition) is 2. The molecule has 2 N–H and O–H groups in total. The number of Topliss-reactive ketones (excluding diaryl/α,β-unsaturated/α-hetero) is 1. The number of ether oxygens (including phenoxy) is 3. The predicted molar refractivity (Wildman–Crippen MR) is 173 cm³/mol. The van der Waals surface area contributed by atoms with E-state index in [0.29, 0.717) is 23.2 Å². The van der Waals surface area contributed by atoms with Gasteiger partial charge in [-0.2, -0.15) is 0 Å². The average Bonchev–Trinajstić information content (AvgIpc) is 3.00. The van der Waals surface area contributed by atoms with E-state index in [0.717, 1.165) is 51.4 Å². The van der Waals surface area contributed by atoms with E-state index in [9.17, 15) is 28.9 Å². The van der Waals surface area contributed by atoms with Crippen molar-refractivity contribution in [3.05, 3.63) is 0 Å². The molecular formula is C33H61NO11P+. The smallest absolute Gasteiger partial charge is 0.463 e. The summed E-state index contributed by atoms with van der Waals surface area (Å²) in [5, 5.41) is 10.5. The van der Waals surface area contributed by atoms with Crippen LogP contribution in [0.3, 0.4) is 0 Å². The van der Waals surface area contributed by atoms with Gasteiger partial charge in [-0.25, -0.2) is 4.57 Å². The van der Waals surface area contributed by atoms with Crippen molar-refractivity contribution in [2.45, 2.75) is 111 Å². The van der Waals surface area contributed by atoms with Gasteiger partial charge in [0.2, 0.25) is 0 Å². The lowest BCUT2D eigenvalue weighted by molar-refractivity contribution is -0.870. The monoisotopic (exact) mass is 678 g/mol. The molecule has 2 fully saturated rings. The summed E-state index contributed by atoms with van der Waals surface area (Å²) in [5.41, 5.74) is -2.10. The molecule has 2 rings (SSSR count). The Labute approximate surface area is 276 Å². The Bertz CT molecular complexity index is 1020. The number of carbonyl (C=O) groups is 3. The van der Waals surface area contributed by atoms with E-state index in [-0.39, 0.29) is 57.4 Å². The zero-order valence-corrected chi connectivity index (χ0v) is 30.2. The van der Waals surface area contributed by atoms with Crippen molar-refractivity contribution in [2.24, 2.45) is 22.7 Å². The van der Waals surface area contributed by atoms with Gasteiger partial charge >= 0.3 is 19.8 Å². The van der Waals surface area contributed by atoms with Gasteiger partial charge in [-0.3, -0.25) is 23.4 Å². The summed E-state index contributed by atoms with van der Waals surface area (Å²) in [6.45, 7) is 6.59. The zero-order chi connectivity index (χ0) is 34.6. The van der Waals surface area contributed by atoms with Crippen molar-refractivity contribution in [3.63, 3.8) is 0 Å². The summed E-state index contributed by atoms with van der Waals surface area (Å²) < 4.78 is 39.1. The fraction of sp³-hybridized carbons (Fsp3) is 0.909. The number of aliphatic hydroxyl groups excluding tert-OH is 1. The molecule has 0 radical (unpaired) electrons. The molecule has 0 bridgehead atoms. The van der Waals surface area contributed by atoms with Crippen molar-refractivity contribution in [3.8, 4) is 0 Å². The molecule has 0 aliphatic heterocycles. The Morgan fingerprint density at radius 2 is 1.41 bits per heavy atom. The van der Waals surface area contributed by atoms with Crippen molar-refractivity contribution in [1.29, 1.82) is 0 Å². The maximum atomic E-state index is 13.1. The molecule has 3 unspecified atom stereocenters. The van der Waals surface area contributed by atoms with E-state index in [1.54, 1.807) is 20.8 Å². The first-order valence-electron chi connectivity index (χ1n) is 17.0. The molecule has 0 aromatic rings. The summed E-state index contributed by atoms with van der Waals surface area (Å²) in [6, 6.07) is 0. The minimum Gasteiger partial charge on any atom is -0.463 e. The van der Waals surface area contributed by atoms with Crippen LogP contribution in [0.2, 0.25) is 0 Å². The van der Waals surface area contributed by atoms with Crippen molar-refractivity contribution < 1.29 is 56.7 Å². The number of likely N-dealkylation sites (N-methyl/N-ethyl adjacent to an activating group) is 1. The summed E-state index contributed by atoms with van der Waals surface area (Å²) in [5.74, 6) is -0.343. The van der Waals surface area contributed by atoms with Gasteiger partial charge < -0.3 is 28.7 Å². The molecule has 0 heterocycles. The summed E-state index contributed by atoms with van der Waals surface area (Å²) in [7, 11) is 1.49. The largest absolute Gasteiger partial charge is 0.472 e. The molecule has 0 spiro atoms. The van der Waals surface area contributed by atoms with Crippen molar-refractivity contribution in [2.75, 3.05) is 60.7 Å². The minimum absolute atomic E-state index is 0.0245. The van der Waals surface area contributed by atoms with E-state index < -0.39 is 36.7 Å². The number of rotatable bonds is 20. The molecule has 46 heavy (non-hydrogen) atoms. The summed E-state index contributed by atoms with van der Waals surface area (Å²) in [6.07, 6.45) is 8.29. The van der Waals surface area contributed by atoms with Gasteiger partial charge in [0.25, 0.3) is 0 Å². The Hall–Kier alpha value is -1.40. The number of phosphoric ester groups is 1. The lowest BCUT2D eigenvalue weighted by Crippen LogP contribution is -2.40. The first kappa shape index (κ1) is 40.8. The Morgan fingerprint density at radius 1 is 0.826 bits per heavy atom. The van der Waals surface area contributed by atoms with Gasteiger partial charge in [-0.1, -0.05) is 26.2 Å². The number of carbonyl (C=O) groups excluding carboxylic acids is 3. The van der Waals surface area contributed by atoms with Gasteiger partial charge in [0.1, 0.15) is 38.3 Å². The van der Waals surface area contributed by atoms with Gasteiger partial charge in [0, 0.05) is 11.8 Å². The van der Waals surface area contributed by atoms with Gasteiger partial charge in [-0.05, 0) is 72.1 Å². The van der Waals surface area contributed by atoms with Crippen LogP contribution in [0, 0.1) is 22.7 Å². The Balaban J connectivity index is 1.70. The van der Waals surface area contributed by atoms with Crippen LogP contribution in [-0.2, 0) is 42.2 Å². The lowest BCUT2D eigenvalue weighted by atomic mass is 9.72. The molecule has 2 saturated carbocycles. The van der Waals surface area contributed by atoms with Crippen LogP contribution in [0.4, 0.5) is 0 Å². The van der Waals surface area contributed by atoms with E-state index in [1.807, 2.05) is 28.1 Å².